The van der Waals surface area contributed by atoms with Crippen LogP contribution in [0.15, 0.2) is 122 Å². The highest BCUT2D eigenvalue weighted by Gasteiger charge is 2.16. The molecule has 0 aliphatic heterocycles. The van der Waals surface area contributed by atoms with E-state index in [1.807, 2.05) is 0 Å². The number of esters is 2. The first-order chi connectivity index (χ1) is 41.6. The fourth-order valence-corrected chi connectivity index (χ4v) is 10.4. The molecule has 0 radical (unpaired) electrons. The Morgan fingerprint density at radius 3 is 0.714 bits per heavy atom. The van der Waals surface area contributed by atoms with Crippen molar-refractivity contribution in [2.24, 2.45) is 0 Å². The van der Waals surface area contributed by atoms with Gasteiger partial charge in [0.2, 0.25) is 0 Å². The van der Waals surface area contributed by atoms with Gasteiger partial charge in [0, 0.05) is 12.8 Å². The summed E-state index contributed by atoms with van der Waals surface area (Å²) in [7, 11) is 0. The maximum absolute atomic E-state index is 12.4. The summed E-state index contributed by atoms with van der Waals surface area (Å²) in [5.41, 5.74) is 0. The first kappa shape index (κ1) is 80.3. The van der Waals surface area contributed by atoms with E-state index in [0.29, 0.717) is 12.8 Å². The molecule has 5 nitrogen and oxygen atoms in total. The number of allylic oxidation sites excluding steroid dienone is 20. The number of unbranched alkanes of at least 4 members (excludes halogenated alkanes) is 38. The van der Waals surface area contributed by atoms with Crippen LogP contribution in [0, 0.1) is 0 Å². The number of ether oxygens (including phenoxy) is 2. The van der Waals surface area contributed by atoms with Crippen LogP contribution in [0.5, 0.6) is 0 Å². The molecule has 0 amide bonds. The van der Waals surface area contributed by atoms with Crippen LogP contribution in [0.2, 0.25) is 0 Å². The Balaban J connectivity index is 3.44. The lowest BCUT2D eigenvalue weighted by Gasteiger charge is -2.15. The third kappa shape index (κ3) is 70.8. The molecule has 1 atom stereocenters. The van der Waals surface area contributed by atoms with Gasteiger partial charge in [-0.25, -0.2) is 0 Å². The van der Waals surface area contributed by atoms with Crippen molar-refractivity contribution < 1.29 is 24.2 Å². The number of hydrogen-bond acceptors (Lipinski definition) is 5. The van der Waals surface area contributed by atoms with Gasteiger partial charge in [-0.3, -0.25) is 9.59 Å². The van der Waals surface area contributed by atoms with Gasteiger partial charge in [-0.2, -0.15) is 0 Å². The zero-order valence-corrected chi connectivity index (χ0v) is 55.4. The summed E-state index contributed by atoms with van der Waals surface area (Å²) in [6.45, 7) is 3.95. The minimum absolute atomic E-state index is 0.0654. The summed E-state index contributed by atoms with van der Waals surface area (Å²) in [5.74, 6) is -0.577. The topological polar surface area (TPSA) is 72.8 Å². The normalized spacial score (nSPS) is 12.9. The predicted molar refractivity (Wildman–Crippen MR) is 371 cm³/mol. The van der Waals surface area contributed by atoms with E-state index in [-0.39, 0.29) is 25.2 Å². The van der Waals surface area contributed by atoms with E-state index >= 15 is 0 Å². The summed E-state index contributed by atoms with van der Waals surface area (Å²) in [6, 6.07) is 0. The minimum Gasteiger partial charge on any atom is -0.462 e. The molecule has 0 aromatic rings. The Hall–Kier alpha value is -3.70. The maximum Gasteiger partial charge on any atom is 0.306 e. The van der Waals surface area contributed by atoms with Gasteiger partial charge in [0.1, 0.15) is 6.61 Å². The van der Waals surface area contributed by atoms with Crippen molar-refractivity contribution in [3.8, 4) is 0 Å². The van der Waals surface area contributed by atoms with Crippen molar-refractivity contribution >= 4 is 11.9 Å². The van der Waals surface area contributed by atoms with Crippen LogP contribution in [-0.2, 0) is 19.1 Å². The number of carbonyl (C=O) groups excluding carboxylic acids is 2. The largest absolute Gasteiger partial charge is 0.462 e. The molecule has 0 aromatic heterocycles. The van der Waals surface area contributed by atoms with Gasteiger partial charge in [-0.1, -0.05) is 354 Å². The van der Waals surface area contributed by atoms with Gasteiger partial charge in [-0.15, -0.1) is 0 Å². The fraction of sp³-hybridized carbons (Fsp3) is 0.722. The third-order valence-electron chi connectivity index (χ3n) is 15.8. The van der Waals surface area contributed by atoms with Gasteiger partial charge in [-0.05, 0) is 103 Å². The lowest BCUT2D eigenvalue weighted by molar-refractivity contribution is -0.161. The Labute approximate surface area is 522 Å². The summed E-state index contributed by atoms with van der Waals surface area (Å²) >= 11 is 0. The van der Waals surface area contributed by atoms with Crippen LogP contribution in [0.3, 0.4) is 0 Å². The van der Waals surface area contributed by atoms with Crippen molar-refractivity contribution in [3.05, 3.63) is 122 Å². The number of rotatable bonds is 66. The monoisotopic (exact) mass is 1170 g/mol. The molecule has 0 rings (SSSR count). The van der Waals surface area contributed by atoms with E-state index in [1.165, 1.54) is 218 Å². The lowest BCUT2D eigenvalue weighted by atomic mass is 10.0. The summed E-state index contributed by atoms with van der Waals surface area (Å²) in [5, 5.41) is 9.71. The third-order valence-corrected chi connectivity index (χ3v) is 15.8. The molecule has 0 aliphatic carbocycles. The van der Waals surface area contributed by atoms with Crippen LogP contribution in [0.4, 0.5) is 0 Å². The Morgan fingerprint density at radius 1 is 0.274 bits per heavy atom. The highest BCUT2D eigenvalue weighted by Crippen LogP contribution is 2.18. The van der Waals surface area contributed by atoms with E-state index in [4.69, 9.17) is 9.47 Å². The molecule has 0 fully saturated rings. The Bertz CT molecular complexity index is 1650. The van der Waals surface area contributed by atoms with Crippen molar-refractivity contribution in [2.75, 3.05) is 13.2 Å². The molecule has 0 saturated carbocycles. The van der Waals surface area contributed by atoms with Crippen LogP contribution in [0.1, 0.15) is 348 Å². The molecule has 1 N–H and O–H groups in total. The van der Waals surface area contributed by atoms with Gasteiger partial charge in [0.25, 0.3) is 0 Å². The van der Waals surface area contributed by atoms with Crippen LogP contribution < -0.4 is 0 Å². The average Bonchev–Trinajstić information content (AvgIpc) is 3.51. The maximum atomic E-state index is 12.4. The molecule has 0 heterocycles. The van der Waals surface area contributed by atoms with Crippen molar-refractivity contribution in [2.45, 2.75) is 354 Å². The van der Waals surface area contributed by atoms with Crippen LogP contribution >= 0.6 is 0 Å². The zero-order valence-electron chi connectivity index (χ0n) is 55.4. The molecule has 5 heteroatoms. The molecule has 0 aliphatic rings. The van der Waals surface area contributed by atoms with E-state index in [2.05, 4.69) is 135 Å². The fourth-order valence-electron chi connectivity index (χ4n) is 10.4. The zero-order chi connectivity index (χ0) is 60.5. The van der Waals surface area contributed by atoms with Crippen molar-refractivity contribution in [1.82, 2.24) is 0 Å². The summed E-state index contributed by atoms with van der Waals surface area (Å²) in [6.07, 6.45) is 108. The SMILES string of the molecule is CC/C=C\C/C=C\C/C=C\C/C=C\C/C=C\C/C=C\CCCCCCCCCCCCCCCCCCCCC(=O)OC(CO)COC(=O)CCCCCCCCCCCCCCCCCCCCCC/C=C\C/C=C\C/C=C\C/C=C\CC. The second-order valence-corrected chi connectivity index (χ2v) is 23.9. The van der Waals surface area contributed by atoms with Crippen LogP contribution in [0.25, 0.3) is 0 Å². The highest BCUT2D eigenvalue weighted by molar-refractivity contribution is 5.70. The summed E-state index contributed by atoms with van der Waals surface area (Å²) < 4.78 is 10.8. The molecule has 0 spiro atoms. The highest BCUT2D eigenvalue weighted by atomic mass is 16.6. The number of aliphatic hydroxyl groups excluding tert-OH is 1. The molecular weight excluding hydrogens is 1030 g/mol. The van der Waals surface area contributed by atoms with Crippen molar-refractivity contribution in [3.63, 3.8) is 0 Å². The minimum atomic E-state index is -0.777. The Kier molecular flexibility index (Phi) is 70.3. The average molecular weight is 1170 g/mol. The van der Waals surface area contributed by atoms with E-state index in [1.54, 1.807) is 0 Å². The van der Waals surface area contributed by atoms with Crippen molar-refractivity contribution in [1.29, 1.82) is 0 Å². The van der Waals surface area contributed by atoms with E-state index in [0.717, 1.165) is 103 Å². The van der Waals surface area contributed by atoms with Gasteiger partial charge < -0.3 is 14.6 Å². The smallest absolute Gasteiger partial charge is 0.306 e. The van der Waals surface area contributed by atoms with Gasteiger partial charge >= 0.3 is 11.9 Å². The number of hydrogen-bond donors (Lipinski definition) is 1. The number of carbonyl (C=O) groups is 2. The van der Waals surface area contributed by atoms with Crippen LogP contribution in [-0.4, -0.2) is 36.4 Å². The first-order valence-corrected chi connectivity index (χ1v) is 36.1. The molecular formula is C79H136O5. The predicted octanol–water partition coefficient (Wildman–Crippen LogP) is 25.3. The van der Waals surface area contributed by atoms with E-state index in [9.17, 15) is 14.7 Å². The van der Waals surface area contributed by atoms with E-state index < -0.39 is 6.10 Å². The Morgan fingerprint density at radius 2 is 0.476 bits per heavy atom. The lowest BCUT2D eigenvalue weighted by Crippen LogP contribution is -2.28. The molecule has 0 bridgehead atoms. The molecule has 0 saturated heterocycles. The molecule has 84 heavy (non-hydrogen) atoms. The standard InChI is InChI=1S/C79H136O5/c1-3-5-7-9-11-13-15-17-19-21-23-25-27-29-31-33-35-37-38-39-40-42-44-46-48-50-52-54-56-58-60-62-64-66-68-70-72-74-79(82)84-77(75-80)76-83-78(81)73-71-69-67-65-63-61-59-57-55-53-51-49-47-45-43-41-36-34-32-30-28-26-24-22-20-18-16-14-12-10-8-6-4-2/h5-8,11-14,17-20,23-26,29,31,35,37,77,80H,3-4,9-10,15-16,21-22,27-28,30,32-34,36,38-76H2,1-2H3/b7-5-,8-6-,13-11-,14-12-,19-17-,20-18-,25-23-,26-24-,31-29-,37-35-. The molecule has 482 valence electrons. The number of aliphatic hydroxyl groups is 1. The first-order valence-electron chi connectivity index (χ1n) is 36.1. The van der Waals surface area contributed by atoms with Gasteiger partial charge in [0.15, 0.2) is 6.10 Å². The summed E-state index contributed by atoms with van der Waals surface area (Å²) in [4.78, 5) is 24.7. The van der Waals surface area contributed by atoms with Gasteiger partial charge in [0.05, 0.1) is 6.61 Å². The second-order valence-electron chi connectivity index (χ2n) is 23.9. The molecule has 1 unspecified atom stereocenters. The quantitative estimate of drug-likeness (QED) is 0.0373. The molecule has 0 aromatic carbocycles. The second kappa shape index (κ2) is 73.6.